The summed E-state index contributed by atoms with van der Waals surface area (Å²) in [6.45, 7) is 0.562. The van der Waals surface area contributed by atoms with Gasteiger partial charge in [-0.1, -0.05) is 0 Å². The Balaban J connectivity index is 4.64. The molecule has 0 rings (SSSR count). The highest BCUT2D eigenvalue weighted by molar-refractivity contribution is 4.63. The number of ether oxygens (including phenoxy) is 8. The molecule has 0 aromatic heterocycles. The molecule has 8 N–H and O–H groups in total. The zero-order chi connectivity index (χ0) is 33.0. The first-order valence-corrected chi connectivity index (χ1v) is 14.7. The molecule has 0 saturated heterocycles. The summed E-state index contributed by atoms with van der Waals surface area (Å²) in [6.07, 6.45) is -5.84. The lowest BCUT2D eigenvalue weighted by atomic mass is 10.2. The third-order valence-electron chi connectivity index (χ3n) is 5.77. The van der Waals surface area contributed by atoms with Gasteiger partial charge in [0.15, 0.2) is 6.29 Å². The Hall–Kier alpha value is -0.680. The SMILES string of the molecule is COCC(OCCC(COCCN(C)CCOCC(O)CO)OCC(O)COCC(O)CO)OCC(O)COCC(O)CO. The molecule has 266 valence electrons. The summed E-state index contributed by atoms with van der Waals surface area (Å²) < 4.78 is 43.7. The Morgan fingerprint density at radius 1 is 0.500 bits per heavy atom. The largest absolute Gasteiger partial charge is 0.394 e. The molecule has 0 saturated carbocycles. The van der Waals surface area contributed by atoms with Crippen LogP contribution < -0.4 is 0 Å². The Morgan fingerprint density at radius 2 is 0.955 bits per heavy atom. The van der Waals surface area contributed by atoms with E-state index in [4.69, 9.17) is 53.2 Å². The van der Waals surface area contributed by atoms with E-state index in [9.17, 15) is 25.5 Å². The van der Waals surface area contributed by atoms with Crippen molar-refractivity contribution in [3.05, 3.63) is 0 Å². The summed E-state index contributed by atoms with van der Waals surface area (Å²) >= 11 is 0. The van der Waals surface area contributed by atoms with Gasteiger partial charge in [-0.2, -0.15) is 0 Å². The van der Waals surface area contributed by atoms with Crippen molar-refractivity contribution in [3.63, 3.8) is 0 Å². The highest BCUT2D eigenvalue weighted by atomic mass is 16.7. The van der Waals surface area contributed by atoms with Gasteiger partial charge in [-0.3, -0.25) is 0 Å². The van der Waals surface area contributed by atoms with Gasteiger partial charge in [0.05, 0.1) is 105 Å². The quantitative estimate of drug-likeness (QED) is 0.0247. The van der Waals surface area contributed by atoms with Crippen LogP contribution in [0.15, 0.2) is 0 Å². The minimum absolute atomic E-state index is 0.0581. The van der Waals surface area contributed by atoms with Gasteiger partial charge in [0.1, 0.15) is 30.5 Å². The number of nitrogens with zero attached hydrogens (tertiary/aromatic N) is 1. The topological polar surface area (TPSA) is 239 Å². The van der Waals surface area contributed by atoms with Crippen LogP contribution in [0.4, 0.5) is 0 Å². The summed E-state index contributed by atoms with van der Waals surface area (Å²) in [5.74, 6) is 0. The molecule has 0 radical (unpaired) electrons. The van der Waals surface area contributed by atoms with E-state index in [1.54, 1.807) is 0 Å². The minimum Gasteiger partial charge on any atom is -0.394 e. The van der Waals surface area contributed by atoms with Crippen LogP contribution in [0, 0.1) is 0 Å². The van der Waals surface area contributed by atoms with Crippen molar-refractivity contribution in [3.8, 4) is 0 Å². The van der Waals surface area contributed by atoms with Gasteiger partial charge in [0.25, 0.3) is 0 Å². The molecule has 0 bridgehead atoms. The molecule has 0 aromatic carbocycles. The predicted octanol–water partition coefficient (Wildman–Crippen LogP) is -4.45. The van der Waals surface area contributed by atoms with Gasteiger partial charge in [-0.15, -0.1) is 0 Å². The normalized spacial score (nSPS) is 17.0. The van der Waals surface area contributed by atoms with Crippen molar-refractivity contribution in [1.82, 2.24) is 4.90 Å². The molecular weight excluding hydrogens is 594 g/mol. The zero-order valence-electron chi connectivity index (χ0n) is 26.1. The molecule has 44 heavy (non-hydrogen) atoms. The molecule has 0 aromatic rings. The lowest BCUT2D eigenvalue weighted by Gasteiger charge is -2.24. The molecule has 0 spiro atoms. The first-order valence-electron chi connectivity index (χ1n) is 14.7. The molecule has 0 aliphatic carbocycles. The number of rotatable bonds is 33. The predicted molar refractivity (Wildman–Crippen MR) is 154 cm³/mol. The second kappa shape index (κ2) is 29.7. The monoisotopic (exact) mass is 651 g/mol. The van der Waals surface area contributed by atoms with Crippen LogP contribution in [-0.2, 0) is 37.9 Å². The molecule has 0 aliphatic heterocycles. The summed E-state index contributed by atoms with van der Waals surface area (Å²) in [7, 11) is 3.36. The summed E-state index contributed by atoms with van der Waals surface area (Å²) in [5.41, 5.74) is 0. The molecule has 17 heteroatoms. The third kappa shape index (κ3) is 26.5. The van der Waals surface area contributed by atoms with E-state index in [1.165, 1.54) is 7.11 Å². The average molecular weight is 652 g/mol. The molecule has 0 aliphatic rings. The van der Waals surface area contributed by atoms with E-state index in [1.807, 2.05) is 11.9 Å². The maximum absolute atomic E-state index is 10.2. The minimum atomic E-state index is -1.03. The van der Waals surface area contributed by atoms with Gasteiger partial charge >= 0.3 is 0 Å². The second-order valence-electron chi connectivity index (χ2n) is 10.2. The fourth-order valence-electron chi connectivity index (χ4n) is 3.21. The van der Waals surface area contributed by atoms with Crippen molar-refractivity contribution in [2.75, 3.05) is 126 Å². The van der Waals surface area contributed by atoms with Gasteiger partial charge in [0, 0.05) is 20.2 Å². The number of likely N-dealkylation sites (N-methyl/N-ethyl adjacent to an activating group) is 1. The molecule has 0 fully saturated rings. The van der Waals surface area contributed by atoms with Crippen LogP contribution in [0.25, 0.3) is 0 Å². The fraction of sp³-hybridized carbons (Fsp3) is 1.00. The van der Waals surface area contributed by atoms with Crippen LogP contribution in [0.5, 0.6) is 0 Å². The van der Waals surface area contributed by atoms with Crippen molar-refractivity contribution in [2.45, 2.75) is 49.3 Å². The van der Waals surface area contributed by atoms with Crippen molar-refractivity contribution in [1.29, 1.82) is 0 Å². The Kier molecular flexibility index (Phi) is 29.2. The molecular formula is C27H57NO16. The number of hydrogen-bond donors (Lipinski definition) is 8. The van der Waals surface area contributed by atoms with Crippen LogP contribution in [0.2, 0.25) is 0 Å². The van der Waals surface area contributed by atoms with Crippen LogP contribution in [-0.4, -0.2) is 215 Å². The maximum Gasteiger partial charge on any atom is 0.180 e. The van der Waals surface area contributed by atoms with E-state index < -0.39 is 56.1 Å². The summed E-state index contributed by atoms with van der Waals surface area (Å²) in [5, 5.41) is 74.6. The van der Waals surface area contributed by atoms with Crippen molar-refractivity contribution in [2.24, 2.45) is 0 Å². The lowest BCUT2D eigenvalue weighted by molar-refractivity contribution is -0.188. The van der Waals surface area contributed by atoms with E-state index in [0.29, 0.717) is 32.7 Å². The fourth-order valence-corrected chi connectivity index (χ4v) is 3.21. The molecule has 0 amide bonds. The number of aliphatic hydroxyl groups is 8. The Bertz CT molecular complexity index is 612. The summed E-state index contributed by atoms with van der Waals surface area (Å²) in [6, 6.07) is 0. The zero-order valence-corrected chi connectivity index (χ0v) is 26.1. The first kappa shape index (κ1) is 43.3. The second-order valence-corrected chi connectivity index (χ2v) is 10.2. The maximum atomic E-state index is 10.2. The molecule has 7 atom stereocenters. The van der Waals surface area contributed by atoms with Gasteiger partial charge < -0.3 is 83.6 Å². The lowest BCUT2D eigenvalue weighted by Crippen LogP contribution is -2.33. The average Bonchev–Trinajstić information content (AvgIpc) is 3.01. The number of aliphatic hydroxyl groups excluding tert-OH is 8. The number of hydrogen-bond acceptors (Lipinski definition) is 17. The van der Waals surface area contributed by atoms with Crippen molar-refractivity contribution < 1.29 is 78.7 Å². The van der Waals surface area contributed by atoms with E-state index in [-0.39, 0.29) is 72.7 Å². The van der Waals surface area contributed by atoms with Gasteiger partial charge in [-0.05, 0) is 13.5 Å². The van der Waals surface area contributed by atoms with E-state index in [2.05, 4.69) is 0 Å². The highest BCUT2D eigenvalue weighted by Gasteiger charge is 2.18. The van der Waals surface area contributed by atoms with Crippen LogP contribution in [0.1, 0.15) is 6.42 Å². The standard InChI is InChI=1S/C27H57NO16/c1-28(4-7-38-12-21(32)9-29)5-8-39-19-26(43-17-24(35)15-40-13-22(33)10-30)3-6-42-27(20-37-2)44-18-25(36)16-41-14-23(34)11-31/h21-27,29-36H,3-20H2,1-2H3. The highest BCUT2D eigenvalue weighted by Crippen LogP contribution is 2.06. The molecule has 0 heterocycles. The third-order valence-corrected chi connectivity index (χ3v) is 5.77. The van der Waals surface area contributed by atoms with Gasteiger partial charge in [0.2, 0.25) is 0 Å². The molecule has 17 nitrogen and oxygen atoms in total. The van der Waals surface area contributed by atoms with Crippen LogP contribution >= 0.6 is 0 Å². The Morgan fingerprint density at radius 3 is 1.45 bits per heavy atom. The summed E-state index contributed by atoms with van der Waals surface area (Å²) in [4.78, 5) is 1.98. The number of methoxy groups -OCH3 is 1. The smallest absolute Gasteiger partial charge is 0.180 e. The van der Waals surface area contributed by atoms with E-state index in [0.717, 1.165) is 0 Å². The molecule has 7 unspecified atom stereocenters. The van der Waals surface area contributed by atoms with Crippen molar-refractivity contribution >= 4 is 0 Å². The Labute approximate surface area is 259 Å². The first-order chi connectivity index (χ1) is 21.1. The van der Waals surface area contributed by atoms with Crippen LogP contribution in [0.3, 0.4) is 0 Å². The van der Waals surface area contributed by atoms with Gasteiger partial charge in [-0.25, -0.2) is 0 Å². The van der Waals surface area contributed by atoms with E-state index >= 15 is 0 Å².